The van der Waals surface area contributed by atoms with Crippen molar-refractivity contribution >= 4 is 5.91 Å². The minimum atomic E-state index is -0.169. The van der Waals surface area contributed by atoms with Gasteiger partial charge >= 0.3 is 0 Å². The van der Waals surface area contributed by atoms with Crippen LogP contribution in [0.5, 0.6) is 0 Å². The molecule has 3 N–H and O–H groups in total. The third-order valence-corrected chi connectivity index (χ3v) is 3.28. The molecule has 0 aliphatic rings. The minimum absolute atomic E-state index is 0.0232. The number of hydrogen-bond acceptors (Lipinski definition) is 3. The largest absolute Gasteiger partial charge is 0.396 e. The molecule has 4 nitrogen and oxygen atoms in total. The Balaban J connectivity index is 4.39. The molecule has 1 amide bonds. The highest BCUT2D eigenvalue weighted by molar-refractivity contribution is 5.81. The molecule has 0 fully saturated rings. The Kier molecular flexibility index (Phi) is 7.39. The lowest BCUT2D eigenvalue weighted by atomic mass is 9.88. The van der Waals surface area contributed by atoms with Crippen molar-refractivity contribution in [2.24, 2.45) is 11.3 Å². The van der Waals surface area contributed by atoms with Crippen LogP contribution in [0.2, 0.25) is 0 Å². The number of aliphatic hydroxyl groups excluding tert-OH is 1. The molecular formula is C13H28N2O2. The Morgan fingerprint density at radius 2 is 2.00 bits per heavy atom. The summed E-state index contributed by atoms with van der Waals surface area (Å²) in [6, 6.07) is -0.169. The van der Waals surface area contributed by atoms with Gasteiger partial charge in [-0.2, -0.15) is 0 Å². The molecule has 0 aliphatic heterocycles. The second-order valence-electron chi connectivity index (χ2n) is 5.50. The molecule has 17 heavy (non-hydrogen) atoms. The topological polar surface area (TPSA) is 61.4 Å². The first-order chi connectivity index (χ1) is 7.88. The van der Waals surface area contributed by atoms with Crippen LogP contribution in [0.4, 0.5) is 0 Å². The summed E-state index contributed by atoms with van der Waals surface area (Å²) < 4.78 is 0. The van der Waals surface area contributed by atoms with E-state index in [2.05, 4.69) is 31.4 Å². The summed E-state index contributed by atoms with van der Waals surface area (Å²) in [5.41, 5.74) is -0.150. The van der Waals surface area contributed by atoms with Gasteiger partial charge in [-0.05, 0) is 18.8 Å². The standard InChI is InChI=1S/C13H28N2O2/c1-6-13(4,9-16)8-15-11(7-10(2)3)12(17)14-5/h10-11,15-16H,6-9H2,1-5H3,(H,14,17). The maximum absolute atomic E-state index is 11.7. The SMILES string of the molecule is CCC(C)(CO)CNC(CC(C)C)C(=O)NC. The first-order valence-electron chi connectivity index (χ1n) is 6.44. The van der Waals surface area contributed by atoms with E-state index < -0.39 is 0 Å². The molecule has 0 spiro atoms. The Morgan fingerprint density at radius 3 is 2.35 bits per heavy atom. The normalized spacial score (nSPS) is 16.6. The Morgan fingerprint density at radius 1 is 1.41 bits per heavy atom. The van der Waals surface area contributed by atoms with Gasteiger partial charge in [0.25, 0.3) is 0 Å². The van der Waals surface area contributed by atoms with Gasteiger partial charge in [-0.1, -0.05) is 27.7 Å². The summed E-state index contributed by atoms with van der Waals surface area (Å²) >= 11 is 0. The maximum Gasteiger partial charge on any atom is 0.236 e. The van der Waals surface area contributed by atoms with Crippen LogP contribution in [0.1, 0.15) is 40.5 Å². The molecule has 0 aliphatic carbocycles. The molecule has 0 rings (SSSR count). The molecule has 4 heteroatoms. The van der Waals surface area contributed by atoms with Crippen LogP contribution < -0.4 is 10.6 Å². The van der Waals surface area contributed by atoms with Gasteiger partial charge in [0, 0.05) is 25.6 Å². The van der Waals surface area contributed by atoms with E-state index in [-0.39, 0.29) is 24.0 Å². The molecule has 0 heterocycles. The monoisotopic (exact) mass is 244 g/mol. The predicted molar refractivity (Wildman–Crippen MR) is 70.8 cm³/mol. The van der Waals surface area contributed by atoms with Gasteiger partial charge in [-0.25, -0.2) is 0 Å². The lowest BCUT2D eigenvalue weighted by Crippen LogP contribution is -2.48. The second kappa shape index (κ2) is 7.67. The highest BCUT2D eigenvalue weighted by Crippen LogP contribution is 2.19. The van der Waals surface area contributed by atoms with Gasteiger partial charge in [-0.15, -0.1) is 0 Å². The van der Waals surface area contributed by atoms with Gasteiger partial charge in [0.15, 0.2) is 0 Å². The van der Waals surface area contributed by atoms with E-state index in [0.29, 0.717) is 12.5 Å². The molecule has 2 atom stereocenters. The summed E-state index contributed by atoms with van der Waals surface area (Å²) in [6.45, 7) is 9.07. The van der Waals surface area contributed by atoms with Crippen molar-refractivity contribution in [3.05, 3.63) is 0 Å². The first-order valence-corrected chi connectivity index (χ1v) is 6.44. The number of carbonyl (C=O) groups is 1. The van der Waals surface area contributed by atoms with Crippen molar-refractivity contribution in [2.45, 2.75) is 46.6 Å². The predicted octanol–water partition coefficient (Wildman–Crippen LogP) is 1.15. The summed E-state index contributed by atoms with van der Waals surface area (Å²) in [5.74, 6) is 0.488. The van der Waals surface area contributed by atoms with E-state index in [0.717, 1.165) is 12.8 Å². The summed E-state index contributed by atoms with van der Waals surface area (Å²) in [7, 11) is 1.66. The lowest BCUT2D eigenvalue weighted by molar-refractivity contribution is -0.123. The molecule has 0 aromatic rings. The van der Waals surface area contributed by atoms with Crippen LogP contribution in [0, 0.1) is 11.3 Å². The van der Waals surface area contributed by atoms with Gasteiger partial charge in [0.2, 0.25) is 5.91 Å². The number of aliphatic hydroxyl groups is 1. The quantitative estimate of drug-likeness (QED) is 0.600. The van der Waals surface area contributed by atoms with Crippen molar-refractivity contribution in [3.8, 4) is 0 Å². The van der Waals surface area contributed by atoms with Crippen molar-refractivity contribution in [3.63, 3.8) is 0 Å². The van der Waals surface area contributed by atoms with Crippen molar-refractivity contribution in [1.82, 2.24) is 10.6 Å². The zero-order chi connectivity index (χ0) is 13.5. The first kappa shape index (κ1) is 16.4. The number of likely N-dealkylation sites (N-methyl/N-ethyl adjacent to an activating group) is 1. The Bertz CT molecular complexity index is 225. The van der Waals surface area contributed by atoms with Gasteiger partial charge in [-0.3, -0.25) is 4.79 Å². The molecule has 0 saturated carbocycles. The van der Waals surface area contributed by atoms with Crippen LogP contribution >= 0.6 is 0 Å². The second-order valence-corrected chi connectivity index (χ2v) is 5.50. The van der Waals surface area contributed by atoms with Crippen LogP contribution in [0.15, 0.2) is 0 Å². The molecule has 0 aromatic heterocycles. The fourth-order valence-corrected chi connectivity index (χ4v) is 1.59. The number of hydrogen-bond donors (Lipinski definition) is 3. The van der Waals surface area contributed by atoms with E-state index in [1.54, 1.807) is 7.05 Å². The third kappa shape index (κ3) is 6.03. The molecule has 0 aromatic carbocycles. The summed E-state index contributed by atoms with van der Waals surface area (Å²) in [6.07, 6.45) is 1.70. The van der Waals surface area contributed by atoms with Crippen LogP contribution in [0.3, 0.4) is 0 Å². The van der Waals surface area contributed by atoms with Crippen LogP contribution in [-0.2, 0) is 4.79 Å². The Labute approximate surface area is 105 Å². The lowest BCUT2D eigenvalue weighted by Gasteiger charge is -2.29. The van der Waals surface area contributed by atoms with Crippen molar-refractivity contribution < 1.29 is 9.90 Å². The number of amides is 1. The number of rotatable bonds is 8. The molecule has 0 bridgehead atoms. The minimum Gasteiger partial charge on any atom is -0.396 e. The van der Waals surface area contributed by atoms with Gasteiger partial charge < -0.3 is 15.7 Å². The summed E-state index contributed by atoms with van der Waals surface area (Å²) in [4.78, 5) is 11.7. The third-order valence-electron chi connectivity index (χ3n) is 3.28. The van der Waals surface area contributed by atoms with E-state index >= 15 is 0 Å². The van der Waals surface area contributed by atoms with Gasteiger partial charge in [0.1, 0.15) is 0 Å². The number of carbonyl (C=O) groups excluding carboxylic acids is 1. The zero-order valence-corrected chi connectivity index (χ0v) is 11.8. The van der Waals surface area contributed by atoms with Crippen molar-refractivity contribution in [1.29, 1.82) is 0 Å². The Hall–Kier alpha value is -0.610. The van der Waals surface area contributed by atoms with Gasteiger partial charge in [0.05, 0.1) is 6.04 Å². The molecule has 102 valence electrons. The van der Waals surface area contributed by atoms with Crippen molar-refractivity contribution in [2.75, 3.05) is 20.2 Å². The molecule has 2 unspecified atom stereocenters. The average Bonchev–Trinajstić information content (AvgIpc) is 2.32. The van der Waals surface area contributed by atoms with E-state index in [4.69, 9.17) is 0 Å². The zero-order valence-electron chi connectivity index (χ0n) is 11.8. The fraction of sp³-hybridized carbons (Fsp3) is 0.923. The molecule has 0 radical (unpaired) electrons. The van der Waals surface area contributed by atoms with E-state index in [1.807, 2.05) is 6.92 Å². The summed E-state index contributed by atoms with van der Waals surface area (Å²) in [5, 5.41) is 15.3. The van der Waals surface area contributed by atoms with Crippen LogP contribution in [0.25, 0.3) is 0 Å². The maximum atomic E-state index is 11.7. The molecule has 0 saturated heterocycles. The average molecular weight is 244 g/mol. The number of nitrogens with one attached hydrogen (secondary N) is 2. The highest BCUT2D eigenvalue weighted by Gasteiger charge is 2.25. The fourth-order valence-electron chi connectivity index (χ4n) is 1.59. The smallest absolute Gasteiger partial charge is 0.236 e. The highest BCUT2D eigenvalue weighted by atomic mass is 16.3. The van der Waals surface area contributed by atoms with Crippen LogP contribution in [-0.4, -0.2) is 37.3 Å². The van der Waals surface area contributed by atoms with E-state index in [9.17, 15) is 9.90 Å². The molecular weight excluding hydrogens is 216 g/mol. The van der Waals surface area contributed by atoms with E-state index in [1.165, 1.54) is 0 Å².